The number of carbonyl (C=O) groups excluding carboxylic acids is 2. The van der Waals surface area contributed by atoms with Crippen molar-refractivity contribution in [3.8, 4) is 0 Å². The van der Waals surface area contributed by atoms with Crippen LogP contribution in [-0.4, -0.2) is 32.5 Å². The zero-order valence-corrected chi connectivity index (χ0v) is 15.2. The topological polar surface area (TPSA) is 110 Å². The van der Waals surface area contributed by atoms with Gasteiger partial charge in [0.2, 0.25) is 15.9 Å². The molecule has 3 rings (SSSR count). The molecule has 0 saturated heterocycles. The molecule has 0 spiro atoms. The van der Waals surface area contributed by atoms with Crippen LogP contribution >= 0.6 is 0 Å². The van der Waals surface area contributed by atoms with E-state index in [0.29, 0.717) is 28.9 Å². The molecule has 1 heterocycles. The van der Waals surface area contributed by atoms with Gasteiger partial charge in [0.05, 0.1) is 11.9 Å². The lowest BCUT2D eigenvalue weighted by molar-refractivity contribution is 0.0998. The van der Waals surface area contributed by atoms with E-state index in [2.05, 4.69) is 5.32 Å². The van der Waals surface area contributed by atoms with Gasteiger partial charge in [-0.25, -0.2) is 8.42 Å². The van der Waals surface area contributed by atoms with Crippen molar-refractivity contribution in [2.24, 2.45) is 5.73 Å². The lowest BCUT2D eigenvalue weighted by atomic mass is 10.1. The molecule has 2 amide bonds. The van der Waals surface area contributed by atoms with Crippen LogP contribution in [0.4, 0.5) is 11.4 Å². The van der Waals surface area contributed by atoms with Gasteiger partial charge in [-0.1, -0.05) is 0 Å². The fourth-order valence-electron chi connectivity index (χ4n) is 3.17. The maximum absolute atomic E-state index is 12.5. The number of rotatable bonds is 4. The molecule has 1 aliphatic rings. The van der Waals surface area contributed by atoms with E-state index >= 15 is 0 Å². The number of anilines is 2. The van der Waals surface area contributed by atoms with Crippen molar-refractivity contribution in [3.05, 3.63) is 59.2 Å². The van der Waals surface area contributed by atoms with Gasteiger partial charge in [0.1, 0.15) is 0 Å². The molecule has 1 atom stereocenters. The maximum atomic E-state index is 12.5. The van der Waals surface area contributed by atoms with Crippen molar-refractivity contribution in [1.29, 1.82) is 0 Å². The van der Waals surface area contributed by atoms with Gasteiger partial charge >= 0.3 is 0 Å². The molecule has 0 radical (unpaired) electrons. The Morgan fingerprint density at radius 2 is 1.73 bits per heavy atom. The zero-order chi connectivity index (χ0) is 19.1. The molecule has 26 heavy (non-hydrogen) atoms. The molecular formula is C18H19N3O4S. The normalized spacial score (nSPS) is 16.2. The van der Waals surface area contributed by atoms with Gasteiger partial charge in [-0.2, -0.15) is 0 Å². The summed E-state index contributed by atoms with van der Waals surface area (Å²) in [4.78, 5) is 23.5. The highest BCUT2D eigenvalue weighted by Crippen LogP contribution is 2.34. The number of carbonyl (C=O) groups is 2. The number of primary amides is 1. The molecule has 0 fully saturated rings. The second-order valence-electron chi connectivity index (χ2n) is 6.35. The molecule has 0 aromatic heterocycles. The van der Waals surface area contributed by atoms with Crippen LogP contribution in [-0.2, 0) is 16.4 Å². The number of hydrogen-bond acceptors (Lipinski definition) is 4. The van der Waals surface area contributed by atoms with E-state index in [1.54, 1.807) is 30.3 Å². The van der Waals surface area contributed by atoms with Gasteiger partial charge < -0.3 is 11.1 Å². The second kappa shape index (κ2) is 6.45. The first-order valence-corrected chi connectivity index (χ1v) is 9.85. The van der Waals surface area contributed by atoms with E-state index in [1.807, 2.05) is 6.92 Å². The number of benzene rings is 2. The van der Waals surface area contributed by atoms with Crippen molar-refractivity contribution in [3.63, 3.8) is 0 Å². The summed E-state index contributed by atoms with van der Waals surface area (Å²) in [6.45, 7) is 1.83. The molecule has 1 aliphatic heterocycles. The minimum Gasteiger partial charge on any atom is -0.366 e. The Labute approximate surface area is 151 Å². The number of sulfonamides is 1. The molecule has 2 aromatic carbocycles. The number of hydrogen-bond donors (Lipinski definition) is 2. The number of nitrogens with zero attached hydrogens (tertiary/aromatic N) is 1. The molecule has 0 aliphatic carbocycles. The largest absolute Gasteiger partial charge is 0.366 e. The standard InChI is InChI=1S/C18H19N3O4S/c1-11-9-14-10-13(5-8-16(14)21(11)26(2,24)25)18(23)20-15-6-3-12(4-7-15)17(19)22/h3-8,10-11H,9H2,1-2H3,(H2,19,22)(H,20,23). The van der Waals surface area contributed by atoms with E-state index in [4.69, 9.17) is 5.73 Å². The summed E-state index contributed by atoms with van der Waals surface area (Å²) in [5, 5.41) is 2.75. The first kappa shape index (κ1) is 17.9. The van der Waals surface area contributed by atoms with Crippen LogP contribution in [0.25, 0.3) is 0 Å². The fourth-order valence-corrected chi connectivity index (χ4v) is 4.43. The van der Waals surface area contributed by atoms with E-state index in [9.17, 15) is 18.0 Å². The van der Waals surface area contributed by atoms with Crippen LogP contribution in [0.3, 0.4) is 0 Å². The Balaban J connectivity index is 1.82. The third-order valence-electron chi connectivity index (χ3n) is 4.28. The summed E-state index contributed by atoms with van der Waals surface area (Å²) in [5.74, 6) is -0.851. The molecule has 0 bridgehead atoms. The van der Waals surface area contributed by atoms with Gasteiger partial charge in [0.25, 0.3) is 5.91 Å². The molecule has 3 N–H and O–H groups in total. The quantitative estimate of drug-likeness (QED) is 0.851. The molecule has 7 nitrogen and oxygen atoms in total. The van der Waals surface area contributed by atoms with Crippen LogP contribution in [0.15, 0.2) is 42.5 Å². The summed E-state index contributed by atoms with van der Waals surface area (Å²) >= 11 is 0. The average Bonchev–Trinajstić information content (AvgIpc) is 2.90. The maximum Gasteiger partial charge on any atom is 0.255 e. The van der Waals surface area contributed by atoms with E-state index in [1.165, 1.54) is 22.7 Å². The Bertz CT molecular complexity index is 984. The van der Waals surface area contributed by atoms with Gasteiger partial charge in [-0.05, 0) is 61.4 Å². The molecule has 2 aromatic rings. The average molecular weight is 373 g/mol. The van der Waals surface area contributed by atoms with Crippen molar-refractivity contribution < 1.29 is 18.0 Å². The van der Waals surface area contributed by atoms with Crippen molar-refractivity contribution in [2.75, 3.05) is 15.9 Å². The first-order chi connectivity index (χ1) is 12.2. The van der Waals surface area contributed by atoms with Crippen LogP contribution in [0, 0.1) is 0 Å². The van der Waals surface area contributed by atoms with Gasteiger partial charge in [-0.3, -0.25) is 13.9 Å². The third-order valence-corrected chi connectivity index (χ3v) is 5.55. The van der Waals surface area contributed by atoms with Crippen LogP contribution in [0.2, 0.25) is 0 Å². The SMILES string of the molecule is CC1Cc2cc(C(=O)Nc3ccc(C(N)=O)cc3)ccc2N1S(C)(=O)=O. The van der Waals surface area contributed by atoms with E-state index in [-0.39, 0.29) is 11.9 Å². The second-order valence-corrected chi connectivity index (χ2v) is 8.21. The molecular weight excluding hydrogens is 354 g/mol. The smallest absolute Gasteiger partial charge is 0.255 e. The van der Waals surface area contributed by atoms with Crippen molar-refractivity contribution in [2.45, 2.75) is 19.4 Å². The van der Waals surface area contributed by atoms with Crippen molar-refractivity contribution >= 4 is 33.2 Å². The number of fused-ring (bicyclic) bond motifs is 1. The number of nitrogens with one attached hydrogen (secondary N) is 1. The minimum atomic E-state index is -3.36. The summed E-state index contributed by atoms with van der Waals surface area (Å²) in [7, 11) is -3.36. The predicted molar refractivity (Wildman–Crippen MR) is 99.8 cm³/mol. The van der Waals surface area contributed by atoms with Gasteiger partial charge in [0.15, 0.2) is 0 Å². The van der Waals surface area contributed by atoms with Gasteiger partial charge in [-0.15, -0.1) is 0 Å². The Morgan fingerprint density at radius 3 is 2.31 bits per heavy atom. The minimum absolute atomic E-state index is 0.181. The third kappa shape index (κ3) is 3.41. The van der Waals surface area contributed by atoms with Crippen molar-refractivity contribution in [1.82, 2.24) is 0 Å². The Morgan fingerprint density at radius 1 is 1.12 bits per heavy atom. The fraction of sp³-hybridized carbons (Fsp3) is 0.222. The Hall–Kier alpha value is -2.87. The summed E-state index contributed by atoms with van der Waals surface area (Å²) in [5.41, 5.74) is 7.95. The lowest BCUT2D eigenvalue weighted by Gasteiger charge is -2.21. The van der Waals surface area contributed by atoms with Crippen LogP contribution < -0.4 is 15.4 Å². The lowest BCUT2D eigenvalue weighted by Crippen LogP contribution is -2.34. The highest BCUT2D eigenvalue weighted by atomic mass is 32.2. The highest BCUT2D eigenvalue weighted by molar-refractivity contribution is 7.92. The molecule has 0 saturated carbocycles. The molecule has 1 unspecified atom stereocenters. The number of nitrogens with two attached hydrogens (primary N) is 1. The summed E-state index contributed by atoms with van der Waals surface area (Å²) in [6.07, 6.45) is 1.73. The van der Waals surface area contributed by atoms with Crippen LogP contribution in [0.1, 0.15) is 33.2 Å². The molecule has 8 heteroatoms. The highest BCUT2D eigenvalue weighted by Gasteiger charge is 2.32. The predicted octanol–water partition coefficient (Wildman–Crippen LogP) is 1.75. The van der Waals surface area contributed by atoms with Gasteiger partial charge in [0, 0.05) is 22.9 Å². The van der Waals surface area contributed by atoms with Crippen LogP contribution in [0.5, 0.6) is 0 Å². The van der Waals surface area contributed by atoms with E-state index in [0.717, 1.165) is 5.56 Å². The molecule has 136 valence electrons. The summed E-state index contributed by atoms with van der Waals surface area (Å²) in [6, 6.07) is 11.0. The summed E-state index contributed by atoms with van der Waals surface area (Å²) < 4.78 is 25.3. The number of amides is 2. The monoisotopic (exact) mass is 373 g/mol. The first-order valence-electron chi connectivity index (χ1n) is 8.00. The Kier molecular flexibility index (Phi) is 4.45. The zero-order valence-electron chi connectivity index (χ0n) is 14.4. The van der Waals surface area contributed by atoms with E-state index < -0.39 is 15.9 Å².